The summed E-state index contributed by atoms with van der Waals surface area (Å²) < 4.78 is 47.7. The molecule has 0 saturated heterocycles. The fourth-order valence-corrected chi connectivity index (χ4v) is 1.47. The number of furan rings is 1. The molecule has 1 aromatic heterocycles. The lowest BCUT2D eigenvalue weighted by Gasteiger charge is -2.11. The molecule has 0 fully saturated rings. The van der Waals surface area contributed by atoms with Gasteiger partial charge in [-0.05, 0) is 30.3 Å². The van der Waals surface area contributed by atoms with E-state index in [1.165, 1.54) is 24.5 Å². The minimum absolute atomic E-state index is 0.394. The number of para-hydroxylation sites is 1. The number of esters is 1. The molecule has 0 aliphatic heterocycles. The molecule has 20 heavy (non-hydrogen) atoms. The Labute approximate surface area is 112 Å². The summed E-state index contributed by atoms with van der Waals surface area (Å²) in [6.07, 6.45) is -0.879. The van der Waals surface area contributed by atoms with Crippen LogP contribution in [-0.2, 0) is 11.0 Å². The molecule has 104 valence electrons. The first kappa shape index (κ1) is 13.9. The first-order valence-corrected chi connectivity index (χ1v) is 5.56. The van der Waals surface area contributed by atoms with Crippen molar-refractivity contribution in [3.63, 3.8) is 0 Å². The summed E-state index contributed by atoms with van der Waals surface area (Å²) in [5, 5.41) is 0. The van der Waals surface area contributed by atoms with Gasteiger partial charge < -0.3 is 9.15 Å². The Morgan fingerprint density at radius 1 is 1.15 bits per heavy atom. The normalized spacial score (nSPS) is 11.8. The van der Waals surface area contributed by atoms with Gasteiger partial charge in [0.05, 0.1) is 11.8 Å². The molecule has 0 aliphatic rings. The maximum Gasteiger partial charge on any atom is 0.419 e. The van der Waals surface area contributed by atoms with Gasteiger partial charge in [-0.15, -0.1) is 0 Å². The van der Waals surface area contributed by atoms with Crippen LogP contribution in [0.3, 0.4) is 0 Å². The van der Waals surface area contributed by atoms with Gasteiger partial charge in [0.15, 0.2) is 0 Å². The van der Waals surface area contributed by atoms with Gasteiger partial charge in [-0.2, -0.15) is 13.2 Å². The molecule has 0 saturated carbocycles. The Hall–Kier alpha value is -2.50. The summed E-state index contributed by atoms with van der Waals surface area (Å²) in [4.78, 5) is 11.5. The number of halogens is 3. The van der Waals surface area contributed by atoms with Crippen LogP contribution < -0.4 is 4.74 Å². The average Bonchev–Trinajstić information content (AvgIpc) is 2.89. The third-order valence-corrected chi connectivity index (χ3v) is 2.33. The second-order valence-electron chi connectivity index (χ2n) is 3.76. The molecule has 0 amide bonds. The summed E-state index contributed by atoms with van der Waals surface area (Å²) in [6.45, 7) is 0. The van der Waals surface area contributed by atoms with Crippen LogP contribution in [0.1, 0.15) is 11.3 Å². The largest absolute Gasteiger partial charge is 0.465 e. The van der Waals surface area contributed by atoms with Crippen molar-refractivity contribution in [2.75, 3.05) is 0 Å². The lowest BCUT2D eigenvalue weighted by atomic mass is 10.2. The molecular weight excluding hydrogens is 273 g/mol. The van der Waals surface area contributed by atoms with Crippen molar-refractivity contribution in [2.45, 2.75) is 6.18 Å². The molecule has 2 aromatic rings. The van der Waals surface area contributed by atoms with E-state index in [9.17, 15) is 18.0 Å². The van der Waals surface area contributed by atoms with Gasteiger partial charge in [-0.3, -0.25) is 0 Å². The minimum atomic E-state index is -4.58. The molecular formula is C14H9F3O3. The fourth-order valence-electron chi connectivity index (χ4n) is 1.47. The number of carbonyl (C=O) groups excluding carboxylic acids is 1. The van der Waals surface area contributed by atoms with Crippen LogP contribution in [0.5, 0.6) is 5.75 Å². The van der Waals surface area contributed by atoms with Gasteiger partial charge in [0, 0.05) is 6.08 Å². The van der Waals surface area contributed by atoms with Crippen LogP contribution in [0.15, 0.2) is 53.2 Å². The fraction of sp³-hybridized carbons (Fsp3) is 0.0714. The molecule has 3 nitrogen and oxygen atoms in total. The Morgan fingerprint density at radius 3 is 2.55 bits per heavy atom. The van der Waals surface area contributed by atoms with Crippen molar-refractivity contribution >= 4 is 12.0 Å². The molecule has 1 heterocycles. The van der Waals surface area contributed by atoms with E-state index < -0.39 is 23.5 Å². The highest BCUT2D eigenvalue weighted by atomic mass is 19.4. The second kappa shape index (κ2) is 5.64. The number of alkyl halides is 3. The lowest BCUT2D eigenvalue weighted by Crippen LogP contribution is -2.11. The van der Waals surface area contributed by atoms with Crippen molar-refractivity contribution < 1.29 is 27.1 Å². The number of hydrogen-bond donors (Lipinski definition) is 0. The van der Waals surface area contributed by atoms with Crippen molar-refractivity contribution in [3.8, 4) is 5.75 Å². The van der Waals surface area contributed by atoms with Gasteiger partial charge in [0.1, 0.15) is 11.5 Å². The monoisotopic (exact) mass is 282 g/mol. The molecule has 0 atom stereocenters. The van der Waals surface area contributed by atoms with Crippen LogP contribution in [0, 0.1) is 0 Å². The van der Waals surface area contributed by atoms with Crippen LogP contribution in [-0.4, -0.2) is 5.97 Å². The molecule has 0 spiro atoms. The Balaban J connectivity index is 2.12. The van der Waals surface area contributed by atoms with E-state index in [0.717, 1.165) is 18.2 Å². The van der Waals surface area contributed by atoms with Crippen molar-refractivity contribution in [1.82, 2.24) is 0 Å². The third kappa shape index (κ3) is 3.50. The van der Waals surface area contributed by atoms with E-state index in [0.29, 0.717) is 5.76 Å². The summed E-state index contributed by atoms with van der Waals surface area (Å²) in [6, 6.07) is 7.71. The Bertz CT molecular complexity index is 613. The first-order chi connectivity index (χ1) is 9.47. The second-order valence-corrected chi connectivity index (χ2v) is 3.76. The van der Waals surface area contributed by atoms with Gasteiger partial charge in [0.2, 0.25) is 0 Å². The molecule has 0 radical (unpaired) electrons. The van der Waals surface area contributed by atoms with E-state index in [4.69, 9.17) is 4.42 Å². The molecule has 2 rings (SSSR count). The van der Waals surface area contributed by atoms with E-state index in [1.54, 1.807) is 12.1 Å². The lowest BCUT2D eigenvalue weighted by molar-refractivity contribution is -0.140. The number of ether oxygens (including phenoxy) is 1. The summed E-state index contributed by atoms with van der Waals surface area (Å²) in [5.41, 5.74) is -1.00. The third-order valence-electron chi connectivity index (χ3n) is 2.33. The van der Waals surface area contributed by atoms with E-state index in [-0.39, 0.29) is 0 Å². The molecule has 0 bridgehead atoms. The van der Waals surface area contributed by atoms with Crippen LogP contribution in [0.25, 0.3) is 6.08 Å². The van der Waals surface area contributed by atoms with E-state index in [2.05, 4.69) is 4.74 Å². The molecule has 0 unspecified atom stereocenters. The Kier molecular flexibility index (Phi) is 3.93. The zero-order chi connectivity index (χ0) is 14.6. The van der Waals surface area contributed by atoms with Gasteiger partial charge in [-0.25, -0.2) is 4.79 Å². The highest BCUT2D eigenvalue weighted by Crippen LogP contribution is 2.35. The zero-order valence-electron chi connectivity index (χ0n) is 10.1. The molecule has 0 N–H and O–H groups in total. The first-order valence-electron chi connectivity index (χ1n) is 5.56. The zero-order valence-corrected chi connectivity index (χ0v) is 10.1. The Morgan fingerprint density at radius 2 is 1.90 bits per heavy atom. The highest BCUT2D eigenvalue weighted by Gasteiger charge is 2.34. The smallest absolute Gasteiger partial charge is 0.419 e. The minimum Gasteiger partial charge on any atom is -0.465 e. The van der Waals surface area contributed by atoms with Gasteiger partial charge in [0.25, 0.3) is 0 Å². The van der Waals surface area contributed by atoms with Gasteiger partial charge in [-0.1, -0.05) is 12.1 Å². The molecule has 6 heteroatoms. The number of hydrogen-bond acceptors (Lipinski definition) is 3. The predicted molar refractivity (Wildman–Crippen MR) is 64.8 cm³/mol. The van der Waals surface area contributed by atoms with E-state index in [1.807, 2.05) is 0 Å². The summed E-state index contributed by atoms with van der Waals surface area (Å²) in [7, 11) is 0. The van der Waals surface area contributed by atoms with Crippen molar-refractivity contribution in [1.29, 1.82) is 0 Å². The SMILES string of the molecule is O=C(/C=C/c1ccco1)Oc1ccccc1C(F)(F)F. The van der Waals surface area contributed by atoms with Crippen molar-refractivity contribution in [3.05, 3.63) is 60.1 Å². The quantitative estimate of drug-likeness (QED) is 0.486. The van der Waals surface area contributed by atoms with Gasteiger partial charge >= 0.3 is 12.1 Å². The molecule has 0 aliphatic carbocycles. The predicted octanol–water partition coefficient (Wildman–Crippen LogP) is 3.92. The maximum absolute atomic E-state index is 12.7. The van der Waals surface area contributed by atoms with Crippen LogP contribution in [0.2, 0.25) is 0 Å². The highest BCUT2D eigenvalue weighted by molar-refractivity contribution is 5.88. The topological polar surface area (TPSA) is 39.4 Å². The van der Waals surface area contributed by atoms with Crippen LogP contribution in [0.4, 0.5) is 13.2 Å². The number of benzene rings is 1. The average molecular weight is 282 g/mol. The summed E-state index contributed by atoms with van der Waals surface area (Å²) in [5.74, 6) is -1.06. The van der Waals surface area contributed by atoms with E-state index >= 15 is 0 Å². The van der Waals surface area contributed by atoms with Crippen LogP contribution >= 0.6 is 0 Å². The number of rotatable bonds is 3. The van der Waals surface area contributed by atoms with Crippen molar-refractivity contribution in [2.24, 2.45) is 0 Å². The summed E-state index contributed by atoms with van der Waals surface area (Å²) >= 11 is 0. The molecule has 1 aromatic carbocycles. The standard InChI is InChI=1S/C14H9F3O3/c15-14(16,17)11-5-1-2-6-12(11)20-13(18)8-7-10-4-3-9-19-10/h1-9H/b8-7+. The number of carbonyl (C=O) groups is 1. The maximum atomic E-state index is 12.7.